The lowest BCUT2D eigenvalue weighted by Crippen LogP contribution is -2.28. The number of thioether (sulfide) groups is 1. The second-order valence-electron chi connectivity index (χ2n) is 5.99. The van der Waals surface area contributed by atoms with Crippen molar-refractivity contribution in [2.45, 2.75) is 43.8 Å². The fourth-order valence-corrected chi connectivity index (χ4v) is 3.58. The lowest BCUT2D eigenvalue weighted by Gasteiger charge is -2.15. The van der Waals surface area contributed by atoms with E-state index in [-0.39, 0.29) is 23.3 Å². The Hall–Kier alpha value is -2.08. The summed E-state index contributed by atoms with van der Waals surface area (Å²) in [6.45, 7) is 1.96. The van der Waals surface area contributed by atoms with Crippen LogP contribution in [0.1, 0.15) is 42.6 Å². The molecule has 0 radical (unpaired) electrons. The second kappa shape index (κ2) is 7.66. The zero-order chi connectivity index (χ0) is 16.9. The predicted molar refractivity (Wildman–Crippen MR) is 95.2 cm³/mol. The SMILES string of the molecule is C[C@@H](NC(=O)CSc1nc2c(c(=O)[nH]1)CCCC2)c1ccccc1. The summed E-state index contributed by atoms with van der Waals surface area (Å²) in [5.74, 6) is 0.163. The molecular formula is C18H21N3O2S. The van der Waals surface area contributed by atoms with Crippen LogP contribution in [0.2, 0.25) is 0 Å². The summed E-state index contributed by atoms with van der Waals surface area (Å²) in [5.41, 5.74) is 2.72. The number of hydrogen-bond acceptors (Lipinski definition) is 4. The number of carbonyl (C=O) groups excluding carboxylic acids is 1. The molecule has 1 aliphatic rings. The Morgan fingerprint density at radius 1 is 1.29 bits per heavy atom. The van der Waals surface area contributed by atoms with Crippen LogP contribution in [0.15, 0.2) is 40.3 Å². The molecule has 1 amide bonds. The first kappa shape index (κ1) is 16.8. The third kappa shape index (κ3) is 4.06. The smallest absolute Gasteiger partial charge is 0.254 e. The third-order valence-electron chi connectivity index (χ3n) is 4.19. The molecule has 0 saturated heterocycles. The summed E-state index contributed by atoms with van der Waals surface area (Å²) in [4.78, 5) is 31.5. The van der Waals surface area contributed by atoms with Gasteiger partial charge in [-0.1, -0.05) is 42.1 Å². The predicted octanol–water partition coefficient (Wildman–Crippen LogP) is 2.62. The van der Waals surface area contributed by atoms with E-state index in [9.17, 15) is 9.59 Å². The van der Waals surface area contributed by atoms with Crippen LogP contribution in [-0.2, 0) is 17.6 Å². The van der Waals surface area contributed by atoms with E-state index in [4.69, 9.17) is 0 Å². The Morgan fingerprint density at radius 3 is 2.83 bits per heavy atom. The van der Waals surface area contributed by atoms with Crippen molar-refractivity contribution >= 4 is 17.7 Å². The highest BCUT2D eigenvalue weighted by molar-refractivity contribution is 7.99. The molecule has 5 nitrogen and oxygen atoms in total. The lowest BCUT2D eigenvalue weighted by atomic mass is 9.97. The topological polar surface area (TPSA) is 74.8 Å². The first-order valence-electron chi connectivity index (χ1n) is 8.22. The van der Waals surface area contributed by atoms with Crippen molar-refractivity contribution in [1.29, 1.82) is 0 Å². The Kier molecular flexibility index (Phi) is 5.35. The normalized spacial score (nSPS) is 14.7. The maximum Gasteiger partial charge on any atom is 0.254 e. The first-order chi connectivity index (χ1) is 11.6. The van der Waals surface area contributed by atoms with Crippen molar-refractivity contribution in [3.8, 4) is 0 Å². The van der Waals surface area contributed by atoms with Gasteiger partial charge in [0.2, 0.25) is 5.91 Å². The number of fused-ring (bicyclic) bond motifs is 1. The molecule has 1 heterocycles. The van der Waals surface area contributed by atoms with Crippen LogP contribution in [0, 0.1) is 0 Å². The van der Waals surface area contributed by atoms with Gasteiger partial charge in [-0.25, -0.2) is 4.98 Å². The van der Waals surface area contributed by atoms with Gasteiger partial charge < -0.3 is 10.3 Å². The molecule has 0 fully saturated rings. The monoisotopic (exact) mass is 343 g/mol. The molecule has 0 bridgehead atoms. The Morgan fingerprint density at radius 2 is 2.04 bits per heavy atom. The molecule has 2 aromatic rings. The van der Waals surface area contributed by atoms with Gasteiger partial charge in [0.1, 0.15) is 0 Å². The van der Waals surface area contributed by atoms with Gasteiger partial charge in [-0.3, -0.25) is 9.59 Å². The first-order valence-corrected chi connectivity index (χ1v) is 9.21. The highest BCUT2D eigenvalue weighted by Crippen LogP contribution is 2.19. The van der Waals surface area contributed by atoms with Crippen LogP contribution >= 0.6 is 11.8 Å². The Labute approximate surface area is 145 Å². The van der Waals surface area contributed by atoms with E-state index in [1.807, 2.05) is 37.3 Å². The number of aromatic nitrogens is 2. The number of carbonyl (C=O) groups is 1. The van der Waals surface area contributed by atoms with Gasteiger partial charge in [-0.05, 0) is 38.2 Å². The third-order valence-corrected chi connectivity index (χ3v) is 5.06. The number of amides is 1. The second-order valence-corrected chi connectivity index (χ2v) is 6.96. The number of hydrogen-bond donors (Lipinski definition) is 2. The Bertz CT molecular complexity index is 774. The minimum absolute atomic E-state index is 0.0464. The molecule has 0 spiro atoms. The number of nitrogens with zero attached hydrogens (tertiary/aromatic N) is 1. The lowest BCUT2D eigenvalue weighted by molar-refractivity contribution is -0.119. The molecular weight excluding hydrogens is 322 g/mol. The van der Waals surface area contributed by atoms with Crippen LogP contribution in [0.3, 0.4) is 0 Å². The summed E-state index contributed by atoms with van der Waals surface area (Å²) in [6.07, 6.45) is 3.77. The summed E-state index contributed by atoms with van der Waals surface area (Å²) in [7, 11) is 0. The van der Waals surface area contributed by atoms with Gasteiger partial charge in [0.15, 0.2) is 5.16 Å². The van der Waals surface area contributed by atoms with Crippen molar-refractivity contribution in [2.75, 3.05) is 5.75 Å². The molecule has 1 aromatic heterocycles. The van der Waals surface area contributed by atoms with Crippen LogP contribution in [0.5, 0.6) is 0 Å². The molecule has 1 aromatic carbocycles. The van der Waals surface area contributed by atoms with Crippen molar-refractivity contribution in [2.24, 2.45) is 0 Å². The standard InChI is InChI=1S/C18H21N3O2S/c1-12(13-7-3-2-4-8-13)19-16(22)11-24-18-20-15-10-6-5-9-14(15)17(23)21-18/h2-4,7-8,12H,5-6,9-11H2,1H3,(H,19,22)(H,20,21,23)/t12-/m1/s1. The number of nitrogens with one attached hydrogen (secondary N) is 2. The van der Waals surface area contributed by atoms with E-state index in [0.717, 1.165) is 42.5 Å². The van der Waals surface area contributed by atoms with Gasteiger partial charge in [0.25, 0.3) is 5.56 Å². The van der Waals surface area contributed by atoms with Crippen molar-refractivity contribution in [1.82, 2.24) is 15.3 Å². The largest absolute Gasteiger partial charge is 0.349 e. The molecule has 1 atom stereocenters. The summed E-state index contributed by atoms with van der Waals surface area (Å²) < 4.78 is 0. The molecule has 24 heavy (non-hydrogen) atoms. The fourth-order valence-electron chi connectivity index (χ4n) is 2.89. The van der Waals surface area contributed by atoms with Crippen LogP contribution in [0.4, 0.5) is 0 Å². The number of aromatic amines is 1. The highest BCUT2D eigenvalue weighted by atomic mass is 32.2. The Balaban J connectivity index is 1.58. The zero-order valence-corrected chi connectivity index (χ0v) is 14.5. The number of rotatable bonds is 5. The van der Waals surface area contributed by atoms with E-state index in [1.54, 1.807) is 0 Å². The molecule has 3 rings (SSSR count). The van der Waals surface area contributed by atoms with Gasteiger partial charge in [-0.15, -0.1) is 0 Å². The average molecular weight is 343 g/mol. The molecule has 0 aliphatic heterocycles. The maximum absolute atomic E-state index is 12.1. The van der Waals surface area contributed by atoms with E-state index in [1.165, 1.54) is 11.8 Å². The molecule has 6 heteroatoms. The summed E-state index contributed by atoms with van der Waals surface area (Å²) in [6, 6.07) is 9.78. The highest BCUT2D eigenvalue weighted by Gasteiger charge is 2.16. The van der Waals surface area contributed by atoms with Gasteiger partial charge in [-0.2, -0.15) is 0 Å². The minimum Gasteiger partial charge on any atom is -0.349 e. The number of benzene rings is 1. The molecule has 0 saturated carbocycles. The minimum atomic E-state index is -0.0725. The molecule has 0 unspecified atom stereocenters. The van der Waals surface area contributed by atoms with Crippen molar-refractivity contribution < 1.29 is 4.79 Å². The molecule has 1 aliphatic carbocycles. The number of H-pyrrole nitrogens is 1. The summed E-state index contributed by atoms with van der Waals surface area (Å²) >= 11 is 1.27. The van der Waals surface area contributed by atoms with E-state index < -0.39 is 0 Å². The van der Waals surface area contributed by atoms with Crippen molar-refractivity contribution in [3.05, 3.63) is 57.5 Å². The van der Waals surface area contributed by atoms with Crippen LogP contribution < -0.4 is 10.9 Å². The van der Waals surface area contributed by atoms with E-state index in [2.05, 4.69) is 15.3 Å². The maximum atomic E-state index is 12.1. The van der Waals surface area contributed by atoms with Crippen molar-refractivity contribution in [3.63, 3.8) is 0 Å². The molecule has 2 N–H and O–H groups in total. The molecule has 126 valence electrons. The van der Waals surface area contributed by atoms with E-state index in [0.29, 0.717) is 5.16 Å². The van der Waals surface area contributed by atoms with E-state index >= 15 is 0 Å². The average Bonchev–Trinajstić information content (AvgIpc) is 2.61. The fraction of sp³-hybridized carbons (Fsp3) is 0.389. The number of aryl methyl sites for hydroxylation is 1. The van der Waals surface area contributed by atoms with Gasteiger partial charge in [0.05, 0.1) is 17.5 Å². The van der Waals surface area contributed by atoms with Gasteiger partial charge >= 0.3 is 0 Å². The van der Waals surface area contributed by atoms with Crippen LogP contribution in [-0.4, -0.2) is 21.6 Å². The van der Waals surface area contributed by atoms with Gasteiger partial charge in [0, 0.05) is 5.56 Å². The zero-order valence-electron chi connectivity index (χ0n) is 13.7. The van der Waals surface area contributed by atoms with Crippen LogP contribution in [0.25, 0.3) is 0 Å². The summed E-state index contributed by atoms with van der Waals surface area (Å²) in [5, 5.41) is 3.49. The quantitative estimate of drug-likeness (QED) is 0.646.